The highest BCUT2D eigenvalue weighted by Gasteiger charge is 2.31. The molecule has 0 unspecified atom stereocenters. The van der Waals surface area contributed by atoms with E-state index >= 15 is 0 Å². The summed E-state index contributed by atoms with van der Waals surface area (Å²) in [6, 6.07) is 3.66. The molecule has 5 aromatic rings. The van der Waals surface area contributed by atoms with E-state index in [1.54, 1.807) is 44.9 Å². The lowest BCUT2D eigenvalue weighted by molar-refractivity contribution is -0.134. The number of benzene rings is 1. The number of nitrogens with one attached hydrogen (secondary N) is 1. The predicted octanol–water partition coefficient (Wildman–Crippen LogP) is 5.80. The Balaban J connectivity index is 0.000000166. The van der Waals surface area contributed by atoms with Crippen molar-refractivity contribution in [1.82, 2.24) is 29.7 Å². The van der Waals surface area contributed by atoms with Crippen molar-refractivity contribution in [3.05, 3.63) is 61.9 Å². The fourth-order valence-electron chi connectivity index (χ4n) is 6.80. The SMILES string of the molecule is CN(C)C(=O)[C@H]1CCc2c(sc3ncnc(Cl)c23)C1.CN(C)C(=O)[C@H]1CCc2c(sc3ncnc(Nc4cc5c(cc4O)CN=C5)c23)C1. The molecule has 0 saturated carbocycles. The molecule has 0 fully saturated rings. The number of rotatable bonds is 4. The number of anilines is 2. The third-order valence-corrected chi connectivity index (χ3v) is 11.8. The Bertz CT molecular complexity index is 2110. The lowest BCUT2D eigenvalue weighted by atomic mass is 9.87. The maximum atomic E-state index is 12.4. The first-order valence-electron chi connectivity index (χ1n) is 15.8. The highest BCUT2D eigenvalue weighted by molar-refractivity contribution is 7.19. The number of hydrogen-bond acceptors (Lipinski definition) is 11. The third kappa shape index (κ3) is 5.99. The van der Waals surface area contributed by atoms with Gasteiger partial charge in [0.1, 0.15) is 39.0 Å². The number of phenolic OH excluding ortho intramolecular Hbond substituents is 1. The topological polar surface area (TPSA) is 137 Å². The van der Waals surface area contributed by atoms with Crippen LogP contribution in [0.4, 0.5) is 11.5 Å². The van der Waals surface area contributed by atoms with Gasteiger partial charge in [0.2, 0.25) is 11.8 Å². The normalized spacial score (nSPS) is 17.7. The van der Waals surface area contributed by atoms with Gasteiger partial charge in [0.25, 0.3) is 0 Å². The highest BCUT2D eigenvalue weighted by Crippen LogP contribution is 2.42. The minimum absolute atomic E-state index is 0.0231. The Kier molecular flexibility index (Phi) is 8.77. The molecule has 3 aliphatic rings. The minimum atomic E-state index is 0.0231. The maximum Gasteiger partial charge on any atom is 0.225 e. The van der Waals surface area contributed by atoms with Gasteiger partial charge < -0.3 is 20.2 Å². The second-order valence-corrected chi connectivity index (χ2v) is 15.3. The van der Waals surface area contributed by atoms with Crippen LogP contribution in [0.25, 0.3) is 20.4 Å². The Morgan fingerprint density at radius 2 is 1.44 bits per heavy atom. The predicted molar refractivity (Wildman–Crippen MR) is 191 cm³/mol. The molecule has 2 atom stereocenters. The minimum Gasteiger partial charge on any atom is -0.506 e. The van der Waals surface area contributed by atoms with Gasteiger partial charge >= 0.3 is 0 Å². The van der Waals surface area contributed by atoms with Gasteiger partial charge in [-0.1, -0.05) is 11.6 Å². The summed E-state index contributed by atoms with van der Waals surface area (Å²) in [7, 11) is 7.24. The fraction of sp³-hybridized carbons (Fsp3) is 0.382. The lowest BCUT2D eigenvalue weighted by Gasteiger charge is -2.24. The Labute approximate surface area is 290 Å². The summed E-state index contributed by atoms with van der Waals surface area (Å²) >= 11 is 9.44. The van der Waals surface area contributed by atoms with Crippen LogP contribution < -0.4 is 5.32 Å². The number of amides is 2. The molecule has 0 bridgehead atoms. The van der Waals surface area contributed by atoms with Crippen LogP contribution in [0.2, 0.25) is 5.15 Å². The number of aryl methyl sites for hydroxylation is 2. The van der Waals surface area contributed by atoms with Crippen molar-refractivity contribution in [3.63, 3.8) is 0 Å². The monoisotopic (exact) mass is 702 g/mol. The van der Waals surface area contributed by atoms with Crippen molar-refractivity contribution in [1.29, 1.82) is 0 Å². The van der Waals surface area contributed by atoms with E-state index < -0.39 is 0 Å². The van der Waals surface area contributed by atoms with E-state index in [2.05, 4.69) is 30.2 Å². The molecule has 5 heterocycles. The number of carbonyl (C=O) groups is 2. The smallest absolute Gasteiger partial charge is 0.225 e. The highest BCUT2D eigenvalue weighted by atomic mass is 35.5. The number of halogens is 1. The van der Waals surface area contributed by atoms with Gasteiger partial charge in [0.15, 0.2) is 0 Å². The molecule has 248 valence electrons. The number of aromatic hydroxyl groups is 1. The van der Waals surface area contributed by atoms with E-state index in [1.165, 1.54) is 27.2 Å². The molecule has 0 spiro atoms. The summed E-state index contributed by atoms with van der Waals surface area (Å²) in [4.78, 5) is 53.6. The molecule has 14 heteroatoms. The van der Waals surface area contributed by atoms with Gasteiger partial charge in [0.05, 0.1) is 23.0 Å². The zero-order valence-electron chi connectivity index (χ0n) is 27.1. The second-order valence-electron chi connectivity index (χ2n) is 12.8. The molecule has 1 aromatic carbocycles. The number of nitrogens with zero attached hydrogens (tertiary/aromatic N) is 7. The summed E-state index contributed by atoms with van der Waals surface area (Å²) in [5.41, 5.74) is 5.10. The van der Waals surface area contributed by atoms with E-state index in [0.717, 1.165) is 70.1 Å². The van der Waals surface area contributed by atoms with Gasteiger partial charge in [-0.2, -0.15) is 0 Å². The molecule has 11 nitrogen and oxygen atoms in total. The van der Waals surface area contributed by atoms with E-state index in [0.29, 0.717) is 23.2 Å². The number of thiophene rings is 2. The molecule has 4 aromatic heterocycles. The molecule has 2 amide bonds. The van der Waals surface area contributed by atoms with Gasteiger partial charge in [0, 0.05) is 56.0 Å². The molecule has 0 saturated heterocycles. The number of carbonyl (C=O) groups excluding carboxylic acids is 2. The standard InChI is InChI=1S/C21H21N5O2S.C13H14ClN3OS/c1-26(2)21(28)11-3-4-14-17(7-11)29-20-18(14)19(23-10-24-20)25-15-5-12-8-22-9-13(12)6-16(15)27;1-17(2)13(18)7-3-4-8-9(5-7)19-12-10(8)11(14)15-6-16-12/h5-6,8,10-11,27H,3-4,7,9H2,1-2H3,(H,23,24,25);6-7H,3-5H2,1-2H3/t11-;7-/m00/s1. The molecule has 2 aliphatic carbocycles. The molecule has 2 N–H and O–H groups in total. The van der Waals surface area contributed by atoms with Crippen LogP contribution in [0.5, 0.6) is 5.75 Å². The number of fused-ring (bicyclic) bond motifs is 7. The van der Waals surface area contributed by atoms with Gasteiger partial charge in [-0.25, -0.2) is 19.9 Å². The van der Waals surface area contributed by atoms with Gasteiger partial charge in [-0.05, 0) is 72.9 Å². The van der Waals surface area contributed by atoms with E-state index in [-0.39, 0.29) is 29.4 Å². The summed E-state index contributed by atoms with van der Waals surface area (Å²) in [6.45, 7) is 0.603. The van der Waals surface area contributed by atoms with Crippen LogP contribution in [0, 0.1) is 11.8 Å². The van der Waals surface area contributed by atoms with E-state index in [9.17, 15) is 14.7 Å². The third-order valence-electron chi connectivity index (χ3n) is 9.23. The van der Waals surface area contributed by atoms with Crippen LogP contribution in [-0.2, 0) is 41.8 Å². The molecule has 0 radical (unpaired) electrons. The average molecular weight is 703 g/mol. The summed E-state index contributed by atoms with van der Waals surface area (Å²) in [5, 5.41) is 16.3. The van der Waals surface area contributed by atoms with Crippen molar-refractivity contribution in [3.8, 4) is 5.75 Å². The Hall–Kier alpha value is -4.20. The lowest BCUT2D eigenvalue weighted by Crippen LogP contribution is -2.32. The van der Waals surface area contributed by atoms with Crippen LogP contribution in [0.15, 0.2) is 29.8 Å². The zero-order chi connectivity index (χ0) is 33.7. The molecular formula is C34H35ClN8O3S2. The first kappa shape index (κ1) is 32.4. The summed E-state index contributed by atoms with van der Waals surface area (Å²) < 4.78 is 0. The molecule has 48 heavy (non-hydrogen) atoms. The maximum absolute atomic E-state index is 12.4. The number of hydrogen-bond donors (Lipinski definition) is 2. The van der Waals surface area contributed by atoms with Crippen LogP contribution in [0.3, 0.4) is 0 Å². The quantitative estimate of drug-likeness (QED) is 0.177. The first-order valence-corrected chi connectivity index (χ1v) is 17.8. The second kappa shape index (κ2) is 13.0. The first-order chi connectivity index (χ1) is 23.1. The van der Waals surface area contributed by atoms with E-state index in [1.807, 2.05) is 40.5 Å². The van der Waals surface area contributed by atoms with Gasteiger partial charge in [-0.15, -0.1) is 22.7 Å². The van der Waals surface area contributed by atoms with Gasteiger partial charge in [-0.3, -0.25) is 14.6 Å². The Morgan fingerprint density at radius 3 is 2.06 bits per heavy atom. The van der Waals surface area contributed by atoms with Crippen LogP contribution in [0.1, 0.15) is 44.8 Å². The molecule has 8 rings (SSSR count). The number of aromatic nitrogens is 4. The van der Waals surface area contributed by atoms with Crippen molar-refractivity contribution < 1.29 is 14.7 Å². The van der Waals surface area contributed by atoms with Crippen molar-refractivity contribution in [2.75, 3.05) is 33.5 Å². The van der Waals surface area contributed by atoms with Crippen molar-refractivity contribution >= 4 is 84.2 Å². The van der Waals surface area contributed by atoms with Crippen LogP contribution >= 0.6 is 34.3 Å². The van der Waals surface area contributed by atoms with Crippen LogP contribution in [-0.4, -0.2) is 81.1 Å². The number of aliphatic imine (C=N–C) groups is 1. The Morgan fingerprint density at radius 1 is 0.854 bits per heavy atom. The van der Waals surface area contributed by atoms with Crippen molar-refractivity contribution in [2.24, 2.45) is 16.8 Å². The molecular weight excluding hydrogens is 668 g/mol. The zero-order valence-corrected chi connectivity index (χ0v) is 29.5. The average Bonchev–Trinajstić information content (AvgIpc) is 3.79. The van der Waals surface area contributed by atoms with Crippen molar-refractivity contribution in [2.45, 2.75) is 45.1 Å². The number of phenols is 1. The molecule has 1 aliphatic heterocycles. The summed E-state index contributed by atoms with van der Waals surface area (Å²) in [5.74, 6) is 1.37. The fourth-order valence-corrected chi connectivity index (χ4v) is 9.64. The summed E-state index contributed by atoms with van der Waals surface area (Å²) in [6.07, 6.45) is 9.81. The van der Waals surface area contributed by atoms with E-state index in [4.69, 9.17) is 11.6 Å². The largest absolute Gasteiger partial charge is 0.506 e.